The quantitative estimate of drug-likeness (QED) is 0.585. The van der Waals surface area contributed by atoms with Crippen molar-refractivity contribution >= 4 is 0 Å². The van der Waals surface area contributed by atoms with Crippen molar-refractivity contribution in [3.8, 4) is 0 Å². The largest absolute Gasteiger partial charge is 0.501 e. The summed E-state index contributed by atoms with van der Waals surface area (Å²) in [4.78, 5) is 0. The highest BCUT2D eigenvalue weighted by atomic mass is 16.5. The molecular formula is C11H18O. The van der Waals surface area contributed by atoms with Gasteiger partial charge < -0.3 is 4.74 Å². The lowest BCUT2D eigenvalue weighted by molar-refractivity contribution is 0.248. The van der Waals surface area contributed by atoms with E-state index in [0.717, 1.165) is 13.0 Å². The first-order valence-corrected chi connectivity index (χ1v) is 4.67. The van der Waals surface area contributed by atoms with Crippen LogP contribution < -0.4 is 0 Å². The first-order valence-electron chi connectivity index (χ1n) is 4.67. The zero-order valence-corrected chi connectivity index (χ0v) is 8.26. The molecule has 1 rings (SSSR count). The van der Waals surface area contributed by atoms with E-state index >= 15 is 0 Å². The van der Waals surface area contributed by atoms with Crippen LogP contribution in [0.15, 0.2) is 23.5 Å². The third-order valence-corrected chi connectivity index (χ3v) is 2.58. The molecule has 1 aliphatic rings. The zero-order chi connectivity index (χ0) is 8.97. The summed E-state index contributed by atoms with van der Waals surface area (Å²) in [5.74, 6) is 0.617. The second-order valence-corrected chi connectivity index (χ2v) is 3.54. The lowest BCUT2D eigenvalue weighted by atomic mass is 9.97. The molecule has 0 saturated heterocycles. The average Bonchev–Trinajstić information content (AvgIpc) is 2.55. The zero-order valence-electron chi connectivity index (χ0n) is 8.26. The van der Waals surface area contributed by atoms with Crippen LogP contribution in [-0.4, -0.2) is 6.61 Å². The molecule has 0 saturated carbocycles. The number of hydrogen-bond donors (Lipinski definition) is 0. The molecule has 1 heterocycles. The highest BCUT2D eigenvalue weighted by Gasteiger charge is 2.11. The van der Waals surface area contributed by atoms with Crippen LogP contribution in [-0.2, 0) is 4.74 Å². The fourth-order valence-electron chi connectivity index (χ4n) is 1.40. The molecule has 0 aromatic carbocycles. The van der Waals surface area contributed by atoms with Crippen LogP contribution in [0.25, 0.3) is 0 Å². The van der Waals surface area contributed by atoms with Gasteiger partial charge in [0.25, 0.3) is 0 Å². The highest BCUT2D eigenvalue weighted by Crippen LogP contribution is 2.21. The van der Waals surface area contributed by atoms with Gasteiger partial charge in [-0.15, -0.1) is 0 Å². The van der Waals surface area contributed by atoms with Crippen LogP contribution in [0.3, 0.4) is 0 Å². The molecule has 0 aliphatic carbocycles. The van der Waals surface area contributed by atoms with Crippen molar-refractivity contribution in [1.82, 2.24) is 0 Å². The van der Waals surface area contributed by atoms with Gasteiger partial charge in [0.2, 0.25) is 0 Å². The Morgan fingerprint density at radius 2 is 2.17 bits per heavy atom. The molecule has 1 atom stereocenters. The van der Waals surface area contributed by atoms with Crippen molar-refractivity contribution in [2.24, 2.45) is 5.92 Å². The van der Waals surface area contributed by atoms with E-state index in [1.165, 1.54) is 17.6 Å². The van der Waals surface area contributed by atoms with Gasteiger partial charge >= 0.3 is 0 Å². The summed E-state index contributed by atoms with van der Waals surface area (Å²) in [6, 6.07) is 0. The van der Waals surface area contributed by atoms with Gasteiger partial charge in [-0.05, 0) is 32.8 Å². The predicted octanol–water partition coefficient (Wildman–Crippen LogP) is 3.28. The maximum absolute atomic E-state index is 5.17. The van der Waals surface area contributed by atoms with Gasteiger partial charge in [0.15, 0.2) is 0 Å². The van der Waals surface area contributed by atoms with Crippen LogP contribution in [0, 0.1) is 5.92 Å². The smallest absolute Gasteiger partial charge is 0.0940 e. The third kappa shape index (κ3) is 2.40. The molecule has 1 aliphatic heterocycles. The number of rotatable bonds is 3. The normalized spacial score (nSPS) is 23.8. The lowest BCUT2D eigenvalue weighted by Gasteiger charge is -2.09. The van der Waals surface area contributed by atoms with Crippen molar-refractivity contribution in [2.45, 2.75) is 33.6 Å². The number of allylic oxidation sites excluding steroid dienone is 2. The molecule has 0 fully saturated rings. The number of ether oxygens (including phenoxy) is 1. The predicted molar refractivity (Wildman–Crippen MR) is 51.9 cm³/mol. The van der Waals surface area contributed by atoms with Crippen molar-refractivity contribution in [3.05, 3.63) is 23.5 Å². The highest BCUT2D eigenvalue weighted by molar-refractivity contribution is 5.11. The summed E-state index contributed by atoms with van der Waals surface area (Å²) in [6.45, 7) is 7.52. The Kier molecular flexibility index (Phi) is 3.39. The third-order valence-electron chi connectivity index (χ3n) is 2.58. The van der Waals surface area contributed by atoms with E-state index in [2.05, 4.69) is 26.8 Å². The second-order valence-electron chi connectivity index (χ2n) is 3.54. The van der Waals surface area contributed by atoms with E-state index in [9.17, 15) is 0 Å². The molecule has 0 spiro atoms. The van der Waals surface area contributed by atoms with Crippen LogP contribution >= 0.6 is 0 Å². The summed E-state index contributed by atoms with van der Waals surface area (Å²) in [7, 11) is 0. The van der Waals surface area contributed by atoms with Crippen LogP contribution in [0.5, 0.6) is 0 Å². The second kappa shape index (κ2) is 4.34. The molecule has 0 radical (unpaired) electrons. The molecule has 0 aromatic heterocycles. The molecule has 0 amide bonds. The summed E-state index contributed by atoms with van der Waals surface area (Å²) in [6.07, 6.45) is 6.31. The molecule has 68 valence electrons. The average molecular weight is 166 g/mol. The van der Waals surface area contributed by atoms with Gasteiger partial charge in [0, 0.05) is 5.92 Å². The molecule has 12 heavy (non-hydrogen) atoms. The van der Waals surface area contributed by atoms with Crippen LogP contribution in [0.4, 0.5) is 0 Å². The summed E-state index contributed by atoms with van der Waals surface area (Å²) in [5.41, 5.74) is 3.05. The Morgan fingerprint density at radius 3 is 2.67 bits per heavy atom. The lowest BCUT2D eigenvalue weighted by Crippen LogP contribution is -2.00. The van der Waals surface area contributed by atoms with Gasteiger partial charge in [0.05, 0.1) is 12.9 Å². The first-order chi connectivity index (χ1) is 5.74. The van der Waals surface area contributed by atoms with E-state index in [-0.39, 0.29) is 0 Å². The minimum Gasteiger partial charge on any atom is -0.501 e. The molecule has 0 aromatic rings. The van der Waals surface area contributed by atoms with E-state index in [1.54, 1.807) is 0 Å². The van der Waals surface area contributed by atoms with Crippen molar-refractivity contribution in [2.75, 3.05) is 6.61 Å². The van der Waals surface area contributed by atoms with Crippen LogP contribution in [0.1, 0.15) is 33.6 Å². The van der Waals surface area contributed by atoms with Gasteiger partial charge in [-0.2, -0.15) is 0 Å². The van der Waals surface area contributed by atoms with E-state index < -0.39 is 0 Å². The minimum absolute atomic E-state index is 0.617. The monoisotopic (exact) mass is 166 g/mol. The Hall–Kier alpha value is -0.720. The maximum atomic E-state index is 5.17. The molecule has 1 unspecified atom stereocenters. The molecule has 1 nitrogen and oxygen atoms in total. The fourth-order valence-corrected chi connectivity index (χ4v) is 1.40. The molecule has 0 N–H and O–H groups in total. The van der Waals surface area contributed by atoms with E-state index in [1.807, 2.05) is 6.26 Å². The van der Waals surface area contributed by atoms with Crippen LogP contribution in [0.2, 0.25) is 0 Å². The standard InChI is InChI=1S/C11H18O/c1-4-9(2)10(3)7-11-5-6-12-8-11/h5-6,11H,4,7-8H2,1-3H3/b10-9-. The SMILES string of the molecule is CC/C(C)=C(/C)CC1C=COC1. The Bertz CT molecular complexity index is 201. The Labute approximate surface area is 75.1 Å². The van der Waals surface area contributed by atoms with Gasteiger partial charge in [-0.3, -0.25) is 0 Å². The first kappa shape index (κ1) is 9.37. The van der Waals surface area contributed by atoms with Gasteiger partial charge in [-0.25, -0.2) is 0 Å². The van der Waals surface area contributed by atoms with E-state index in [4.69, 9.17) is 4.74 Å². The maximum Gasteiger partial charge on any atom is 0.0940 e. The summed E-state index contributed by atoms with van der Waals surface area (Å²) >= 11 is 0. The molecule has 0 bridgehead atoms. The molecular weight excluding hydrogens is 148 g/mol. The minimum atomic E-state index is 0.617. The van der Waals surface area contributed by atoms with Crippen molar-refractivity contribution in [1.29, 1.82) is 0 Å². The molecule has 1 heteroatoms. The topological polar surface area (TPSA) is 9.23 Å². The summed E-state index contributed by atoms with van der Waals surface area (Å²) in [5, 5.41) is 0. The summed E-state index contributed by atoms with van der Waals surface area (Å²) < 4.78 is 5.17. The van der Waals surface area contributed by atoms with E-state index in [0.29, 0.717) is 5.92 Å². The van der Waals surface area contributed by atoms with Gasteiger partial charge in [0.1, 0.15) is 0 Å². The van der Waals surface area contributed by atoms with Gasteiger partial charge in [-0.1, -0.05) is 18.1 Å². The van der Waals surface area contributed by atoms with Crippen molar-refractivity contribution in [3.63, 3.8) is 0 Å². The fraction of sp³-hybridized carbons (Fsp3) is 0.636. The Balaban J connectivity index is 2.44. The van der Waals surface area contributed by atoms with Crippen molar-refractivity contribution < 1.29 is 4.74 Å². The number of hydrogen-bond acceptors (Lipinski definition) is 1. The Morgan fingerprint density at radius 1 is 1.42 bits per heavy atom.